The fourth-order valence-corrected chi connectivity index (χ4v) is 3.74. The molecule has 7 N–H and O–H groups in total. The van der Waals surface area contributed by atoms with E-state index in [1.54, 1.807) is 12.2 Å². The van der Waals surface area contributed by atoms with Crippen molar-refractivity contribution in [3.05, 3.63) is 64.1 Å². The molecule has 0 aliphatic rings. The fourth-order valence-electron chi connectivity index (χ4n) is 2.94. The first-order chi connectivity index (χ1) is 15.4. The molecule has 0 saturated carbocycles. The summed E-state index contributed by atoms with van der Waals surface area (Å²) in [4.78, 5) is 23.2. The van der Waals surface area contributed by atoms with Crippen molar-refractivity contribution >= 4 is 28.3 Å². The van der Waals surface area contributed by atoms with Crippen LogP contribution in [0.5, 0.6) is 0 Å². The average molecular weight is 458 g/mol. The summed E-state index contributed by atoms with van der Waals surface area (Å²) in [6, 6.07) is 7.94. The van der Waals surface area contributed by atoms with E-state index in [0.717, 1.165) is 41.9 Å². The van der Waals surface area contributed by atoms with Gasteiger partial charge in [0.25, 0.3) is 0 Å². The second kappa shape index (κ2) is 13.2. The summed E-state index contributed by atoms with van der Waals surface area (Å²) < 4.78 is 0. The summed E-state index contributed by atoms with van der Waals surface area (Å²) in [5.74, 6) is -0.0783. The maximum absolute atomic E-state index is 12.3. The highest BCUT2D eigenvalue weighted by Gasteiger charge is 2.09. The summed E-state index contributed by atoms with van der Waals surface area (Å²) >= 11 is 1.39. The minimum Gasteiger partial charge on any atom is -0.402 e. The van der Waals surface area contributed by atoms with Crippen molar-refractivity contribution in [1.82, 2.24) is 20.8 Å². The van der Waals surface area contributed by atoms with Crippen LogP contribution in [0, 0.1) is 0 Å². The van der Waals surface area contributed by atoms with E-state index in [1.807, 2.05) is 31.3 Å². The van der Waals surface area contributed by atoms with Crippen molar-refractivity contribution in [2.45, 2.75) is 45.6 Å². The lowest BCUT2D eigenvalue weighted by Gasteiger charge is -2.05. The summed E-state index contributed by atoms with van der Waals surface area (Å²) in [5.41, 5.74) is 14.4. The lowest BCUT2D eigenvalue weighted by molar-refractivity contribution is -0.118. The van der Waals surface area contributed by atoms with Crippen LogP contribution in [0.2, 0.25) is 0 Å². The Bertz CT molecular complexity index is 969. The van der Waals surface area contributed by atoms with Gasteiger partial charge in [-0.2, -0.15) is 0 Å². The third-order valence-electron chi connectivity index (χ3n) is 4.35. The van der Waals surface area contributed by atoms with Gasteiger partial charge in [0.1, 0.15) is 10.8 Å². The second-order valence-electron chi connectivity index (χ2n) is 7.33. The molecule has 9 nitrogen and oxygen atoms in total. The number of rotatable bonds is 12. The molecular weight excluding hydrogens is 426 g/mol. The molecule has 0 atom stereocenters. The number of aryl methyl sites for hydroxylation is 1. The van der Waals surface area contributed by atoms with Gasteiger partial charge in [-0.3, -0.25) is 9.59 Å². The monoisotopic (exact) mass is 457 g/mol. The van der Waals surface area contributed by atoms with Gasteiger partial charge >= 0.3 is 0 Å². The number of unbranched alkanes of at least 4 members (excludes halogenated alkanes) is 1. The molecule has 0 bridgehead atoms. The Hall–Kier alpha value is -3.24. The van der Waals surface area contributed by atoms with E-state index in [0.29, 0.717) is 23.7 Å². The van der Waals surface area contributed by atoms with Gasteiger partial charge in [-0.05, 0) is 49.6 Å². The Kier molecular flexibility index (Phi) is 10.3. The van der Waals surface area contributed by atoms with Crippen molar-refractivity contribution in [3.8, 4) is 0 Å². The second-order valence-corrected chi connectivity index (χ2v) is 8.39. The molecule has 0 saturated heterocycles. The zero-order chi connectivity index (χ0) is 23.3. The smallest absolute Gasteiger partial charge is 0.230 e. The van der Waals surface area contributed by atoms with Gasteiger partial charge in [0.05, 0.1) is 6.42 Å². The van der Waals surface area contributed by atoms with Crippen molar-refractivity contribution in [2.24, 2.45) is 11.5 Å². The lowest BCUT2D eigenvalue weighted by Crippen LogP contribution is -2.24. The van der Waals surface area contributed by atoms with E-state index < -0.39 is 0 Å². The molecule has 0 aliphatic carbocycles. The highest BCUT2D eigenvalue weighted by atomic mass is 32.1. The Balaban J connectivity index is 1.73. The third-order valence-corrected chi connectivity index (χ3v) is 5.25. The van der Waals surface area contributed by atoms with E-state index in [2.05, 4.69) is 26.1 Å². The summed E-state index contributed by atoms with van der Waals surface area (Å²) in [7, 11) is 1.89. The molecule has 2 amide bonds. The number of nitrogens with two attached hydrogens (primary N) is 2. The normalized spacial score (nSPS) is 11.9. The molecule has 0 aliphatic heterocycles. The molecule has 172 valence electrons. The maximum atomic E-state index is 12.3. The van der Waals surface area contributed by atoms with Crippen LogP contribution in [0.15, 0.2) is 47.9 Å². The number of allylic oxidation sites excluding steroid dienone is 3. The van der Waals surface area contributed by atoms with Crippen LogP contribution in [0.1, 0.15) is 42.3 Å². The number of carbonyl (C=O) groups is 2. The summed E-state index contributed by atoms with van der Waals surface area (Å²) in [6.07, 6.45) is 6.79. The average Bonchev–Trinajstić information content (AvgIpc) is 3.16. The van der Waals surface area contributed by atoms with E-state index in [1.165, 1.54) is 18.3 Å². The standard InChI is InChI=1S/C22H31N7O2S/c1-15(30)26-19(24)11-10-18(23)8-3-4-9-21-28-29-22(32-21)27-20(31)13-16-6-5-7-17(12-16)14-25-2/h5-7,10-12,25H,3-4,8-9,13-14,23-24H2,1-2H3,(H,26,30)(H,27,29,31)/b18-10-,19-11+. The first-order valence-electron chi connectivity index (χ1n) is 10.4. The van der Waals surface area contributed by atoms with E-state index in [9.17, 15) is 9.59 Å². The highest BCUT2D eigenvalue weighted by Crippen LogP contribution is 2.18. The lowest BCUT2D eigenvalue weighted by atomic mass is 10.1. The van der Waals surface area contributed by atoms with Crippen LogP contribution in [0.4, 0.5) is 5.13 Å². The molecule has 0 spiro atoms. The quantitative estimate of drug-likeness (QED) is 0.241. The van der Waals surface area contributed by atoms with Crippen molar-refractivity contribution in [3.63, 3.8) is 0 Å². The Labute approximate surface area is 192 Å². The van der Waals surface area contributed by atoms with Crippen LogP contribution in [-0.2, 0) is 29.0 Å². The molecule has 1 heterocycles. The topological polar surface area (TPSA) is 148 Å². The number of amides is 2. The molecule has 2 aromatic rings. The number of hydrogen-bond acceptors (Lipinski definition) is 8. The van der Waals surface area contributed by atoms with Gasteiger partial charge in [-0.1, -0.05) is 35.6 Å². The van der Waals surface area contributed by atoms with Gasteiger partial charge in [0, 0.05) is 25.6 Å². The minimum atomic E-state index is -0.225. The van der Waals surface area contributed by atoms with Gasteiger partial charge < -0.3 is 27.4 Å². The molecule has 1 aromatic heterocycles. The van der Waals surface area contributed by atoms with Crippen LogP contribution in [-0.4, -0.2) is 29.1 Å². The number of nitrogens with zero attached hydrogens (tertiary/aromatic N) is 2. The molecule has 0 radical (unpaired) electrons. The van der Waals surface area contributed by atoms with Gasteiger partial charge in [-0.25, -0.2) is 0 Å². The first-order valence-corrected chi connectivity index (χ1v) is 11.2. The Morgan fingerprint density at radius 1 is 1.12 bits per heavy atom. The van der Waals surface area contributed by atoms with Crippen LogP contribution in [0.25, 0.3) is 0 Å². The zero-order valence-electron chi connectivity index (χ0n) is 18.5. The van der Waals surface area contributed by atoms with Crippen LogP contribution >= 0.6 is 11.3 Å². The number of carbonyl (C=O) groups excluding carboxylic acids is 2. The molecule has 0 fully saturated rings. The van der Waals surface area contributed by atoms with Crippen molar-refractivity contribution in [1.29, 1.82) is 0 Å². The van der Waals surface area contributed by atoms with E-state index in [4.69, 9.17) is 11.5 Å². The largest absolute Gasteiger partial charge is 0.402 e. The summed E-state index contributed by atoms with van der Waals surface area (Å²) in [6.45, 7) is 2.15. The van der Waals surface area contributed by atoms with Gasteiger partial charge in [0.2, 0.25) is 16.9 Å². The van der Waals surface area contributed by atoms with Crippen molar-refractivity contribution in [2.75, 3.05) is 12.4 Å². The van der Waals surface area contributed by atoms with E-state index in [-0.39, 0.29) is 17.6 Å². The maximum Gasteiger partial charge on any atom is 0.230 e. The molecule has 0 unspecified atom stereocenters. The predicted molar refractivity (Wildman–Crippen MR) is 127 cm³/mol. The summed E-state index contributed by atoms with van der Waals surface area (Å²) in [5, 5.41) is 18.0. The molecule has 32 heavy (non-hydrogen) atoms. The minimum absolute atomic E-state index is 0.112. The predicted octanol–water partition coefficient (Wildman–Crippen LogP) is 1.93. The molecule has 2 rings (SSSR count). The van der Waals surface area contributed by atoms with Crippen molar-refractivity contribution < 1.29 is 9.59 Å². The molecule has 10 heteroatoms. The molecular formula is C22H31N7O2S. The number of aromatic nitrogens is 2. The fraction of sp³-hybridized carbons (Fsp3) is 0.364. The Morgan fingerprint density at radius 2 is 1.91 bits per heavy atom. The third kappa shape index (κ3) is 9.71. The van der Waals surface area contributed by atoms with E-state index >= 15 is 0 Å². The molecule has 1 aromatic carbocycles. The number of nitrogens with one attached hydrogen (secondary N) is 3. The number of anilines is 1. The van der Waals surface area contributed by atoms with Gasteiger partial charge in [0.15, 0.2) is 0 Å². The first kappa shape index (κ1) is 25.0. The number of benzene rings is 1. The van der Waals surface area contributed by atoms with Crippen LogP contribution in [0.3, 0.4) is 0 Å². The SMILES string of the molecule is CNCc1cccc(CC(=O)Nc2nnc(CCCC/C(N)=C/C=C(\N)NC(C)=O)s2)c1. The Morgan fingerprint density at radius 3 is 2.66 bits per heavy atom. The van der Waals surface area contributed by atoms with Gasteiger partial charge in [-0.15, -0.1) is 10.2 Å². The number of hydrogen-bond donors (Lipinski definition) is 5. The zero-order valence-corrected chi connectivity index (χ0v) is 19.3. The highest BCUT2D eigenvalue weighted by molar-refractivity contribution is 7.15. The van der Waals surface area contributed by atoms with Crippen LogP contribution < -0.4 is 27.4 Å².